The van der Waals surface area contributed by atoms with E-state index >= 15 is 0 Å². The minimum atomic E-state index is 0.574. The molecule has 1 aliphatic rings. The van der Waals surface area contributed by atoms with Gasteiger partial charge in [-0.15, -0.1) is 0 Å². The van der Waals surface area contributed by atoms with Crippen LogP contribution in [0.5, 0.6) is 0 Å². The summed E-state index contributed by atoms with van der Waals surface area (Å²) in [6.07, 6.45) is 4.19. The number of hydrogen-bond donors (Lipinski definition) is 1. The van der Waals surface area contributed by atoms with Gasteiger partial charge in [-0.25, -0.2) is 4.98 Å². The summed E-state index contributed by atoms with van der Waals surface area (Å²) in [6, 6.07) is 0.574. The molecule has 1 saturated heterocycles. The third kappa shape index (κ3) is 2.75. The van der Waals surface area contributed by atoms with E-state index in [1.54, 1.807) is 0 Å². The molecule has 1 fully saturated rings. The van der Waals surface area contributed by atoms with Crippen LogP contribution in [0.1, 0.15) is 31.2 Å². The number of anilines is 1. The predicted octanol–water partition coefficient (Wildman–Crippen LogP) is 1.67. The number of nitrogens with zero attached hydrogens (tertiary/aromatic N) is 3. The van der Waals surface area contributed by atoms with E-state index in [-0.39, 0.29) is 0 Å². The van der Waals surface area contributed by atoms with Crippen LogP contribution in [0.4, 0.5) is 5.82 Å². The van der Waals surface area contributed by atoms with Gasteiger partial charge in [-0.3, -0.25) is 4.98 Å². The van der Waals surface area contributed by atoms with E-state index in [2.05, 4.69) is 27.1 Å². The number of aryl methyl sites for hydroxylation is 2. The van der Waals surface area contributed by atoms with Crippen molar-refractivity contribution in [2.24, 2.45) is 0 Å². The van der Waals surface area contributed by atoms with Crippen molar-refractivity contribution in [3.8, 4) is 0 Å². The summed E-state index contributed by atoms with van der Waals surface area (Å²) < 4.78 is 0. The standard InChI is InChI=1S/C13H22N4/c1-4-7-17(12-5-6-14-9-12)13-11(3)15-8-10(2)16-13/h8,12,14H,4-7,9H2,1-3H3. The third-order valence-electron chi connectivity index (χ3n) is 3.26. The molecule has 1 aromatic heterocycles. The van der Waals surface area contributed by atoms with E-state index in [0.717, 1.165) is 43.3 Å². The highest BCUT2D eigenvalue weighted by molar-refractivity contribution is 5.44. The molecule has 0 aromatic carbocycles. The molecule has 2 rings (SSSR count). The lowest BCUT2D eigenvalue weighted by molar-refractivity contribution is 0.613. The lowest BCUT2D eigenvalue weighted by atomic mass is 10.2. The van der Waals surface area contributed by atoms with Gasteiger partial charge in [-0.05, 0) is 33.2 Å². The molecule has 0 aliphatic carbocycles. The van der Waals surface area contributed by atoms with Crippen molar-refractivity contribution in [1.82, 2.24) is 15.3 Å². The zero-order valence-electron chi connectivity index (χ0n) is 11.0. The van der Waals surface area contributed by atoms with Crippen molar-refractivity contribution < 1.29 is 0 Å². The second-order valence-corrected chi connectivity index (χ2v) is 4.76. The monoisotopic (exact) mass is 234 g/mol. The van der Waals surface area contributed by atoms with Gasteiger partial charge in [0.15, 0.2) is 5.82 Å². The van der Waals surface area contributed by atoms with Crippen molar-refractivity contribution in [2.75, 3.05) is 24.5 Å². The zero-order chi connectivity index (χ0) is 12.3. The summed E-state index contributed by atoms with van der Waals surface area (Å²) in [4.78, 5) is 11.5. The molecule has 4 nitrogen and oxygen atoms in total. The molecule has 0 bridgehead atoms. The Labute approximate surface area is 103 Å². The molecule has 17 heavy (non-hydrogen) atoms. The van der Waals surface area contributed by atoms with E-state index in [0.29, 0.717) is 6.04 Å². The highest BCUT2D eigenvalue weighted by Crippen LogP contribution is 2.21. The van der Waals surface area contributed by atoms with Crippen LogP contribution in [0.25, 0.3) is 0 Å². The van der Waals surface area contributed by atoms with Crippen LogP contribution in [0, 0.1) is 13.8 Å². The average Bonchev–Trinajstić information content (AvgIpc) is 2.83. The smallest absolute Gasteiger partial charge is 0.150 e. The van der Waals surface area contributed by atoms with Crippen LogP contribution < -0.4 is 10.2 Å². The first-order valence-corrected chi connectivity index (χ1v) is 6.50. The quantitative estimate of drug-likeness (QED) is 0.860. The molecule has 1 unspecified atom stereocenters. The fraction of sp³-hybridized carbons (Fsp3) is 0.692. The predicted molar refractivity (Wildman–Crippen MR) is 70.4 cm³/mol. The van der Waals surface area contributed by atoms with E-state index < -0.39 is 0 Å². The van der Waals surface area contributed by atoms with Crippen molar-refractivity contribution in [3.05, 3.63) is 17.6 Å². The molecule has 1 N–H and O–H groups in total. The Morgan fingerprint density at radius 3 is 2.94 bits per heavy atom. The molecule has 0 spiro atoms. The average molecular weight is 234 g/mol. The lowest BCUT2D eigenvalue weighted by Crippen LogP contribution is -2.38. The Morgan fingerprint density at radius 1 is 1.47 bits per heavy atom. The van der Waals surface area contributed by atoms with Crippen LogP contribution in [-0.2, 0) is 0 Å². The second kappa shape index (κ2) is 5.45. The maximum absolute atomic E-state index is 4.67. The van der Waals surface area contributed by atoms with Crippen LogP contribution in [0.2, 0.25) is 0 Å². The van der Waals surface area contributed by atoms with E-state index in [1.807, 2.05) is 20.0 Å². The van der Waals surface area contributed by atoms with E-state index in [9.17, 15) is 0 Å². The van der Waals surface area contributed by atoms with Crippen LogP contribution >= 0.6 is 0 Å². The Bertz CT molecular complexity index is 372. The highest BCUT2D eigenvalue weighted by Gasteiger charge is 2.24. The van der Waals surface area contributed by atoms with Gasteiger partial charge < -0.3 is 10.2 Å². The summed E-state index contributed by atoms with van der Waals surface area (Å²) in [7, 11) is 0. The Morgan fingerprint density at radius 2 is 2.29 bits per heavy atom. The molecule has 1 aliphatic heterocycles. The van der Waals surface area contributed by atoms with Gasteiger partial charge in [0.2, 0.25) is 0 Å². The molecule has 1 aromatic rings. The maximum atomic E-state index is 4.67. The molecular formula is C13H22N4. The Hall–Kier alpha value is -1.16. The minimum Gasteiger partial charge on any atom is -0.351 e. The number of rotatable bonds is 4. The summed E-state index contributed by atoms with van der Waals surface area (Å²) in [5.41, 5.74) is 2.04. The summed E-state index contributed by atoms with van der Waals surface area (Å²) in [5.74, 6) is 1.07. The number of aromatic nitrogens is 2. The first kappa shape index (κ1) is 12.3. The molecular weight excluding hydrogens is 212 g/mol. The van der Waals surface area contributed by atoms with Crippen molar-refractivity contribution in [1.29, 1.82) is 0 Å². The molecule has 0 amide bonds. The summed E-state index contributed by atoms with van der Waals surface area (Å²) >= 11 is 0. The van der Waals surface area contributed by atoms with Crippen LogP contribution in [-0.4, -0.2) is 35.6 Å². The molecule has 1 atom stereocenters. The minimum absolute atomic E-state index is 0.574. The molecule has 4 heteroatoms. The molecule has 2 heterocycles. The topological polar surface area (TPSA) is 41.1 Å². The third-order valence-corrected chi connectivity index (χ3v) is 3.26. The van der Waals surface area contributed by atoms with Gasteiger partial charge in [0.25, 0.3) is 0 Å². The molecule has 0 radical (unpaired) electrons. The van der Waals surface area contributed by atoms with Crippen molar-refractivity contribution in [3.63, 3.8) is 0 Å². The van der Waals surface area contributed by atoms with Crippen molar-refractivity contribution in [2.45, 2.75) is 39.7 Å². The lowest BCUT2D eigenvalue weighted by Gasteiger charge is -2.30. The number of hydrogen-bond acceptors (Lipinski definition) is 4. The summed E-state index contributed by atoms with van der Waals surface area (Å²) in [5, 5.41) is 3.43. The first-order valence-electron chi connectivity index (χ1n) is 6.50. The van der Waals surface area contributed by atoms with Gasteiger partial charge in [0.05, 0.1) is 11.4 Å². The SMILES string of the molecule is CCCN(c1nc(C)cnc1C)C1CCNC1. The van der Waals surface area contributed by atoms with Gasteiger partial charge in [-0.1, -0.05) is 6.92 Å². The number of nitrogens with one attached hydrogen (secondary N) is 1. The van der Waals surface area contributed by atoms with Crippen LogP contribution in [0.3, 0.4) is 0 Å². The second-order valence-electron chi connectivity index (χ2n) is 4.76. The van der Waals surface area contributed by atoms with E-state index in [4.69, 9.17) is 0 Å². The fourth-order valence-corrected chi connectivity index (χ4v) is 2.40. The van der Waals surface area contributed by atoms with Gasteiger partial charge >= 0.3 is 0 Å². The van der Waals surface area contributed by atoms with Gasteiger partial charge in [0.1, 0.15) is 0 Å². The van der Waals surface area contributed by atoms with Crippen LogP contribution in [0.15, 0.2) is 6.20 Å². The van der Waals surface area contributed by atoms with Gasteiger partial charge in [-0.2, -0.15) is 0 Å². The van der Waals surface area contributed by atoms with Crippen molar-refractivity contribution >= 4 is 5.82 Å². The van der Waals surface area contributed by atoms with E-state index in [1.165, 1.54) is 6.42 Å². The summed E-state index contributed by atoms with van der Waals surface area (Å²) in [6.45, 7) is 9.51. The first-order chi connectivity index (χ1) is 8.22. The normalized spacial score (nSPS) is 19.6. The van der Waals surface area contributed by atoms with Gasteiger partial charge in [0, 0.05) is 25.3 Å². The Balaban J connectivity index is 2.27. The largest absolute Gasteiger partial charge is 0.351 e. The maximum Gasteiger partial charge on any atom is 0.150 e. The highest BCUT2D eigenvalue weighted by atomic mass is 15.2. The Kier molecular flexibility index (Phi) is 3.94. The molecule has 0 saturated carbocycles. The zero-order valence-corrected chi connectivity index (χ0v) is 11.0. The fourth-order valence-electron chi connectivity index (χ4n) is 2.40. The molecule has 94 valence electrons.